The highest BCUT2D eigenvalue weighted by Gasteiger charge is 2.22. The molecule has 2 aromatic rings. The fraction of sp³-hybridized carbons (Fsp3) is 0.400. The minimum Gasteiger partial charge on any atom is -0.495 e. The van der Waals surface area contributed by atoms with Crippen molar-refractivity contribution in [2.24, 2.45) is 0 Å². The van der Waals surface area contributed by atoms with Gasteiger partial charge in [-0.25, -0.2) is 0 Å². The zero-order chi connectivity index (χ0) is 15.4. The number of aryl methyl sites for hydroxylation is 1. The van der Waals surface area contributed by atoms with Crippen molar-refractivity contribution < 1.29 is 14.6 Å². The van der Waals surface area contributed by atoms with E-state index < -0.39 is 6.10 Å². The molecule has 0 aliphatic carbocycles. The third-order valence-corrected chi connectivity index (χ3v) is 4.03. The number of hydrogen-bond acceptors (Lipinski definition) is 4. The van der Waals surface area contributed by atoms with Crippen molar-refractivity contribution in [2.75, 3.05) is 14.2 Å². The Morgan fingerprint density at radius 3 is 2.67 bits per heavy atom. The van der Waals surface area contributed by atoms with Gasteiger partial charge >= 0.3 is 0 Å². The Hall–Kier alpha value is -1.53. The molecule has 5 nitrogen and oxygen atoms in total. The number of aliphatic hydroxyl groups excluding tert-OH is 1. The molecule has 114 valence electrons. The Morgan fingerprint density at radius 2 is 2.05 bits per heavy atom. The Morgan fingerprint density at radius 1 is 1.29 bits per heavy atom. The summed E-state index contributed by atoms with van der Waals surface area (Å²) >= 11 is 3.45. The normalized spacial score (nSPS) is 12.2. The quantitative estimate of drug-likeness (QED) is 0.865. The van der Waals surface area contributed by atoms with Gasteiger partial charge in [0.25, 0.3) is 0 Å². The lowest BCUT2D eigenvalue weighted by Gasteiger charge is -2.18. The summed E-state index contributed by atoms with van der Waals surface area (Å²) < 4.78 is 13.2. The molecule has 1 N–H and O–H groups in total. The first kappa shape index (κ1) is 15.9. The number of ether oxygens (including phenoxy) is 2. The van der Waals surface area contributed by atoms with Crippen LogP contribution in [0.25, 0.3) is 0 Å². The minimum atomic E-state index is -0.809. The van der Waals surface area contributed by atoms with E-state index in [1.165, 1.54) is 0 Å². The summed E-state index contributed by atoms with van der Waals surface area (Å²) in [6.45, 7) is 2.83. The van der Waals surface area contributed by atoms with Gasteiger partial charge in [0.2, 0.25) is 0 Å². The molecule has 21 heavy (non-hydrogen) atoms. The van der Waals surface area contributed by atoms with Crippen LogP contribution in [0.4, 0.5) is 0 Å². The fourth-order valence-electron chi connectivity index (χ4n) is 2.27. The standard InChI is InChI=1S/C15H19BrN2O3/c1-4-9-18-11(7-8-17-18)14(19)10-5-6-12(20-2)13(16)15(10)21-3/h5-8,14,19H,4,9H2,1-3H3. The van der Waals surface area contributed by atoms with Crippen LogP contribution in [0.2, 0.25) is 0 Å². The average Bonchev–Trinajstić information content (AvgIpc) is 2.94. The monoisotopic (exact) mass is 354 g/mol. The van der Waals surface area contributed by atoms with Crippen molar-refractivity contribution >= 4 is 15.9 Å². The Labute approximate surface area is 132 Å². The van der Waals surface area contributed by atoms with Crippen LogP contribution in [0.3, 0.4) is 0 Å². The van der Waals surface area contributed by atoms with Crippen LogP contribution in [0.15, 0.2) is 28.9 Å². The number of nitrogens with zero attached hydrogens (tertiary/aromatic N) is 2. The summed E-state index contributed by atoms with van der Waals surface area (Å²) in [5, 5.41) is 14.9. The largest absolute Gasteiger partial charge is 0.495 e. The fourth-order valence-corrected chi connectivity index (χ4v) is 2.95. The van der Waals surface area contributed by atoms with Crippen LogP contribution in [-0.2, 0) is 6.54 Å². The van der Waals surface area contributed by atoms with Gasteiger partial charge in [0.15, 0.2) is 0 Å². The van der Waals surface area contributed by atoms with E-state index in [4.69, 9.17) is 9.47 Å². The van der Waals surface area contributed by atoms with Gasteiger partial charge < -0.3 is 14.6 Å². The first-order valence-corrected chi connectivity index (χ1v) is 7.53. The zero-order valence-electron chi connectivity index (χ0n) is 12.3. The lowest BCUT2D eigenvalue weighted by molar-refractivity contribution is 0.202. The lowest BCUT2D eigenvalue weighted by Crippen LogP contribution is -2.11. The highest BCUT2D eigenvalue weighted by Crippen LogP contribution is 2.41. The van der Waals surface area contributed by atoms with Gasteiger partial charge in [0.1, 0.15) is 22.1 Å². The zero-order valence-corrected chi connectivity index (χ0v) is 13.9. The summed E-state index contributed by atoms with van der Waals surface area (Å²) in [5.74, 6) is 1.22. The second-order valence-corrected chi connectivity index (χ2v) is 5.38. The van der Waals surface area contributed by atoms with E-state index in [0.29, 0.717) is 21.5 Å². The molecule has 0 aliphatic rings. The highest BCUT2D eigenvalue weighted by molar-refractivity contribution is 9.10. The molecule has 0 saturated heterocycles. The van der Waals surface area contributed by atoms with Crippen molar-refractivity contribution in [1.29, 1.82) is 0 Å². The predicted octanol–water partition coefficient (Wildman–Crippen LogP) is 3.15. The SMILES string of the molecule is CCCn1nccc1C(O)c1ccc(OC)c(Br)c1OC. The molecule has 0 bridgehead atoms. The van der Waals surface area contributed by atoms with E-state index in [1.54, 1.807) is 32.5 Å². The van der Waals surface area contributed by atoms with Gasteiger partial charge in [-0.15, -0.1) is 0 Å². The molecule has 1 unspecified atom stereocenters. The molecular formula is C15H19BrN2O3. The number of hydrogen-bond donors (Lipinski definition) is 1. The number of methoxy groups -OCH3 is 2. The van der Waals surface area contributed by atoms with E-state index in [9.17, 15) is 5.11 Å². The number of rotatable bonds is 6. The highest BCUT2D eigenvalue weighted by atomic mass is 79.9. The van der Waals surface area contributed by atoms with Crippen molar-refractivity contribution in [3.63, 3.8) is 0 Å². The van der Waals surface area contributed by atoms with Gasteiger partial charge in [-0.2, -0.15) is 5.10 Å². The van der Waals surface area contributed by atoms with Crippen molar-refractivity contribution in [3.8, 4) is 11.5 Å². The molecule has 0 saturated carbocycles. The molecule has 0 amide bonds. The first-order chi connectivity index (χ1) is 10.1. The third-order valence-electron chi connectivity index (χ3n) is 3.28. The smallest absolute Gasteiger partial charge is 0.143 e. The molecular weight excluding hydrogens is 336 g/mol. The number of aliphatic hydroxyl groups is 1. The van der Waals surface area contributed by atoms with Gasteiger partial charge in [0.05, 0.1) is 19.9 Å². The maximum atomic E-state index is 10.7. The topological polar surface area (TPSA) is 56.5 Å². The van der Waals surface area contributed by atoms with Crippen LogP contribution in [0.1, 0.15) is 30.7 Å². The van der Waals surface area contributed by atoms with Crippen molar-refractivity contribution in [1.82, 2.24) is 9.78 Å². The van der Waals surface area contributed by atoms with Gasteiger partial charge in [-0.05, 0) is 40.5 Å². The van der Waals surface area contributed by atoms with E-state index in [-0.39, 0.29) is 0 Å². The summed E-state index contributed by atoms with van der Waals surface area (Å²) in [6.07, 6.45) is 1.83. The van der Waals surface area contributed by atoms with Gasteiger partial charge in [-0.1, -0.05) is 6.92 Å². The number of halogens is 1. The van der Waals surface area contributed by atoms with Crippen molar-refractivity contribution in [2.45, 2.75) is 26.0 Å². The van der Waals surface area contributed by atoms with Crippen LogP contribution in [-0.4, -0.2) is 29.1 Å². The van der Waals surface area contributed by atoms with Crippen LogP contribution < -0.4 is 9.47 Å². The summed E-state index contributed by atoms with van der Waals surface area (Å²) in [7, 11) is 3.16. The molecule has 6 heteroatoms. The van der Waals surface area contributed by atoms with Gasteiger partial charge in [-0.3, -0.25) is 4.68 Å². The molecule has 0 spiro atoms. The van der Waals surface area contributed by atoms with E-state index >= 15 is 0 Å². The maximum absolute atomic E-state index is 10.7. The molecule has 1 aromatic carbocycles. The van der Waals surface area contributed by atoms with E-state index in [2.05, 4.69) is 28.0 Å². The molecule has 1 heterocycles. The van der Waals surface area contributed by atoms with Crippen LogP contribution in [0, 0.1) is 0 Å². The van der Waals surface area contributed by atoms with Crippen LogP contribution in [0.5, 0.6) is 11.5 Å². The maximum Gasteiger partial charge on any atom is 0.143 e. The third kappa shape index (κ3) is 3.06. The molecule has 0 fully saturated rings. The van der Waals surface area contributed by atoms with Gasteiger partial charge in [0, 0.05) is 18.3 Å². The Kier molecular flexibility index (Phi) is 5.25. The van der Waals surface area contributed by atoms with Crippen molar-refractivity contribution in [3.05, 3.63) is 40.1 Å². The van der Waals surface area contributed by atoms with E-state index in [1.807, 2.05) is 10.7 Å². The number of benzene rings is 1. The molecule has 0 aliphatic heterocycles. The second-order valence-electron chi connectivity index (χ2n) is 4.59. The molecule has 1 aromatic heterocycles. The second kappa shape index (κ2) is 6.95. The number of aromatic nitrogens is 2. The first-order valence-electron chi connectivity index (χ1n) is 6.74. The predicted molar refractivity (Wildman–Crippen MR) is 83.8 cm³/mol. The summed E-state index contributed by atoms with van der Waals surface area (Å²) in [4.78, 5) is 0. The Balaban J connectivity index is 2.45. The summed E-state index contributed by atoms with van der Waals surface area (Å²) in [5.41, 5.74) is 1.41. The molecule has 1 atom stereocenters. The summed E-state index contributed by atoms with van der Waals surface area (Å²) in [6, 6.07) is 5.42. The minimum absolute atomic E-state index is 0.561. The lowest BCUT2D eigenvalue weighted by atomic mass is 10.0. The molecule has 2 rings (SSSR count). The van der Waals surface area contributed by atoms with E-state index in [0.717, 1.165) is 18.7 Å². The molecule has 0 radical (unpaired) electrons. The Bertz CT molecular complexity index is 613. The van der Waals surface area contributed by atoms with Crippen LogP contribution >= 0.6 is 15.9 Å². The average molecular weight is 355 g/mol.